The van der Waals surface area contributed by atoms with Crippen molar-refractivity contribution in [2.75, 3.05) is 26.7 Å². The van der Waals surface area contributed by atoms with E-state index < -0.39 is 0 Å². The van der Waals surface area contributed by atoms with Crippen molar-refractivity contribution in [3.8, 4) is 0 Å². The van der Waals surface area contributed by atoms with E-state index in [4.69, 9.17) is 5.73 Å². The van der Waals surface area contributed by atoms with Gasteiger partial charge < -0.3 is 10.6 Å². The fraction of sp³-hybridized carbons (Fsp3) is 0.444. The molecule has 20 heavy (non-hydrogen) atoms. The molecule has 0 spiro atoms. The number of rotatable bonds is 6. The molecule has 1 aliphatic carbocycles. The fourth-order valence-electron chi connectivity index (χ4n) is 3.08. The zero-order chi connectivity index (χ0) is 14.0. The second-order valence-electron chi connectivity index (χ2n) is 6.33. The van der Waals surface area contributed by atoms with Crippen LogP contribution in [0.4, 0.5) is 0 Å². The van der Waals surface area contributed by atoms with Crippen LogP contribution in [0, 0.1) is 5.41 Å². The summed E-state index contributed by atoms with van der Waals surface area (Å²) in [6.45, 7) is 3.09. The van der Waals surface area contributed by atoms with Crippen LogP contribution in [-0.2, 0) is 6.42 Å². The summed E-state index contributed by atoms with van der Waals surface area (Å²) in [4.78, 5) is 2.45. The lowest BCUT2D eigenvalue weighted by Gasteiger charge is -2.22. The summed E-state index contributed by atoms with van der Waals surface area (Å²) in [6.07, 6.45) is 3.72. The monoisotopic (exact) mass is 268 g/mol. The van der Waals surface area contributed by atoms with Crippen LogP contribution in [0.5, 0.6) is 0 Å². The zero-order valence-corrected chi connectivity index (χ0v) is 12.3. The van der Waals surface area contributed by atoms with E-state index >= 15 is 0 Å². The molecule has 0 amide bonds. The molecule has 1 aliphatic rings. The number of benzene rings is 2. The minimum Gasteiger partial charge on any atom is -0.330 e. The van der Waals surface area contributed by atoms with E-state index in [1.807, 2.05) is 0 Å². The van der Waals surface area contributed by atoms with Crippen LogP contribution in [0.1, 0.15) is 18.4 Å². The number of likely N-dealkylation sites (N-methyl/N-ethyl adjacent to an activating group) is 1. The van der Waals surface area contributed by atoms with E-state index in [0.29, 0.717) is 5.41 Å². The zero-order valence-electron chi connectivity index (χ0n) is 12.3. The molecule has 1 saturated carbocycles. The van der Waals surface area contributed by atoms with Gasteiger partial charge in [0.1, 0.15) is 0 Å². The van der Waals surface area contributed by atoms with Gasteiger partial charge in [0, 0.05) is 13.1 Å². The first-order chi connectivity index (χ1) is 9.72. The normalized spacial score (nSPS) is 16.8. The van der Waals surface area contributed by atoms with Crippen LogP contribution in [-0.4, -0.2) is 31.6 Å². The van der Waals surface area contributed by atoms with Crippen molar-refractivity contribution >= 4 is 10.8 Å². The highest BCUT2D eigenvalue weighted by Crippen LogP contribution is 2.44. The first-order valence-electron chi connectivity index (χ1n) is 7.58. The topological polar surface area (TPSA) is 29.3 Å². The quantitative estimate of drug-likeness (QED) is 0.872. The Labute approximate surface area is 121 Å². The summed E-state index contributed by atoms with van der Waals surface area (Å²) in [5.41, 5.74) is 7.76. The lowest BCUT2D eigenvalue weighted by molar-refractivity contribution is 0.269. The average molecular weight is 268 g/mol. The van der Waals surface area contributed by atoms with Gasteiger partial charge in [-0.2, -0.15) is 0 Å². The predicted octanol–water partition coefficient (Wildman–Crippen LogP) is 3.05. The van der Waals surface area contributed by atoms with Crippen LogP contribution >= 0.6 is 0 Å². The first-order valence-corrected chi connectivity index (χ1v) is 7.58. The number of nitrogens with two attached hydrogens (primary N) is 1. The Bertz CT molecular complexity index is 581. The third-order valence-electron chi connectivity index (χ3n) is 4.64. The van der Waals surface area contributed by atoms with Gasteiger partial charge in [-0.25, -0.2) is 0 Å². The highest BCUT2D eigenvalue weighted by atomic mass is 15.1. The smallest absolute Gasteiger partial charge is 0.00471 e. The molecule has 3 rings (SSSR count). The average Bonchev–Trinajstić information content (AvgIpc) is 3.25. The Morgan fingerprint density at radius 3 is 2.60 bits per heavy atom. The Morgan fingerprint density at radius 1 is 1.10 bits per heavy atom. The molecule has 0 saturated heterocycles. The summed E-state index contributed by atoms with van der Waals surface area (Å²) in [7, 11) is 2.22. The molecule has 2 aromatic carbocycles. The molecular weight excluding hydrogens is 244 g/mol. The van der Waals surface area contributed by atoms with Gasteiger partial charge in [-0.3, -0.25) is 0 Å². The van der Waals surface area contributed by atoms with Gasteiger partial charge in [0.25, 0.3) is 0 Å². The van der Waals surface area contributed by atoms with Crippen LogP contribution in [0.15, 0.2) is 42.5 Å². The number of hydrogen-bond donors (Lipinski definition) is 1. The molecule has 106 valence electrons. The molecule has 2 heteroatoms. The van der Waals surface area contributed by atoms with Crippen molar-refractivity contribution in [2.45, 2.75) is 19.3 Å². The second kappa shape index (κ2) is 5.55. The van der Waals surface area contributed by atoms with Crippen molar-refractivity contribution in [1.29, 1.82) is 0 Å². The molecule has 0 unspecified atom stereocenters. The second-order valence-corrected chi connectivity index (χ2v) is 6.33. The number of hydrogen-bond acceptors (Lipinski definition) is 2. The van der Waals surface area contributed by atoms with Crippen molar-refractivity contribution in [1.82, 2.24) is 4.90 Å². The van der Waals surface area contributed by atoms with Crippen LogP contribution in [0.3, 0.4) is 0 Å². The molecule has 2 aromatic rings. The van der Waals surface area contributed by atoms with Gasteiger partial charge >= 0.3 is 0 Å². The molecule has 2 nitrogen and oxygen atoms in total. The largest absolute Gasteiger partial charge is 0.330 e. The third kappa shape index (κ3) is 2.87. The maximum absolute atomic E-state index is 5.87. The minimum absolute atomic E-state index is 0.438. The molecule has 0 bridgehead atoms. The number of nitrogens with zero attached hydrogens (tertiary/aromatic N) is 1. The lowest BCUT2D eigenvalue weighted by atomic mass is 10.0. The molecule has 1 fully saturated rings. The summed E-state index contributed by atoms with van der Waals surface area (Å²) in [5, 5.41) is 2.73. The molecule has 0 aromatic heterocycles. The van der Waals surface area contributed by atoms with Gasteiger partial charge in [0.15, 0.2) is 0 Å². The molecular formula is C18H24N2. The van der Waals surface area contributed by atoms with Gasteiger partial charge in [-0.1, -0.05) is 42.5 Å². The van der Waals surface area contributed by atoms with Crippen LogP contribution < -0.4 is 5.73 Å². The summed E-state index contributed by atoms with van der Waals surface area (Å²) >= 11 is 0. The standard InChI is InChI=1S/C18H24N2/c1-20(14-18(13-19)10-11-18)12-9-16-7-4-6-15-5-2-3-8-17(15)16/h2-8H,9-14,19H2,1H3. The van der Waals surface area contributed by atoms with E-state index in [9.17, 15) is 0 Å². The predicted molar refractivity (Wildman–Crippen MR) is 85.9 cm³/mol. The Balaban J connectivity index is 1.65. The SMILES string of the molecule is CN(CCc1cccc2ccccc12)CC1(CN)CC1. The maximum atomic E-state index is 5.87. The van der Waals surface area contributed by atoms with E-state index in [1.165, 1.54) is 29.2 Å². The molecule has 0 atom stereocenters. The molecule has 0 radical (unpaired) electrons. The molecule has 0 heterocycles. The van der Waals surface area contributed by atoms with E-state index in [-0.39, 0.29) is 0 Å². The maximum Gasteiger partial charge on any atom is 0.00471 e. The van der Waals surface area contributed by atoms with Crippen LogP contribution in [0.25, 0.3) is 10.8 Å². The third-order valence-corrected chi connectivity index (χ3v) is 4.64. The summed E-state index contributed by atoms with van der Waals surface area (Å²) in [5.74, 6) is 0. The highest BCUT2D eigenvalue weighted by Gasteiger charge is 2.41. The van der Waals surface area contributed by atoms with E-state index in [0.717, 1.165) is 26.1 Å². The summed E-state index contributed by atoms with van der Waals surface area (Å²) in [6, 6.07) is 15.3. The highest BCUT2D eigenvalue weighted by molar-refractivity contribution is 5.85. The minimum atomic E-state index is 0.438. The van der Waals surface area contributed by atoms with Gasteiger partial charge in [0.05, 0.1) is 0 Å². The molecule has 2 N–H and O–H groups in total. The lowest BCUT2D eigenvalue weighted by Crippen LogP contribution is -2.32. The molecule has 0 aliphatic heterocycles. The van der Waals surface area contributed by atoms with Crippen molar-refractivity contribution in [2.24, 2.45) is 11.1 Å². The number of fused-ring (bicyclic) bond motifs is 1. The van der Waals surface area contributed by atoms with Crippen molar-refractivity contribution in [3.63, 3.8) is 0 Å². The Kier molecular flexibility index (Phi) is 3.77. The van der Waals surface area contributed by atoms with Crippen LogP contribution in [0.2, 0.25) is 0 Å². The van der Waals surface area contributed by atoms with Gasteiger partial charge in [-0.15, -0.1) is 0 Å². The van der Waals surface area contributed by atoms with E-state index in [1.54, 1.807) is 0 Å². The first kappa shape index (κ1) is 13.6. The van der Waals surface area contributed by atoms with Gasteiger partial charge in [0.2, 0.25) is 0 Å². The van der Waals surface area contributed by atoms with Crippen molar-refractivity contribution in [3.05, 3.63) is 48.0 Å². The summed E-state index contributed by atoms with van der Waals surface area (Å²) < 4.78 is 0. The Morgan fingerprint density at radius 2 is 1.85 bits per heavy atom. The Hall–Kier alpha value is -1.38. The van der Waals surface area contributed by atoms with Gasteiger partial charge in [-0.05, 0) is 54.6 Å². The van der Waals surface area contributed by atoms with Crippen molar-refractivity contribution < 1.29 is 0 Å². The van der Waals surface area contributed by atoms with E-state index in [2.05, 4.69) is 54.4 Å². The fourth-order valence-corrected chi connectivity index (χ4v) is 3.08.